The summed E-state index contributed by atoms with van der Waals surface area (Å²) in [6, 6.07) is 14.0. The molecule has 4 aliphatic rings. The molecule has 2 aromatic carbocycles. The summed E-state index contributed by atoms with van der Waals surface area (Å²) in [5.41, 5.74) is 9.66. The van der Waals surface area contributed by atoms with E-state index in [0.29, 0.717) is 6.61 Å². The van der Waals surface area contributed by atoms with E-state index in [1.807, 2.05) is 6.92 Å². The van der Waals surface area contributed by atoms with Crippen LogP contribution in [0.5, 0.6) is 0 Å². The fraction of sp³-hybridized carbons (Fsp3) is 0.659. The van der Waals surface area contributed by atoms with Gasteiger partial charge in [0.25, 0.3) is 0 Å². The van der Waals surface area contributed by atoms with Crippen molar-refractivity contribution < 1.29 is 14.3 Å². The second-order valence-corrected chi connectivity index (χ2v) is 17.3. The third-order valence-corrected chi connectivity index (χ3v) is 12.3. The maximum absolute atomic E-state index is 12.1. The minimum Gasteiger partial charge on any atom is -0.466 e. The maximum atomic E-state index is 12.1. The molecule has 44 heavy (non-hydrogen) atoms. The van der Waals surface area contributed by atoms with Crippen molar-refractivity contribution in [3.05, 3.63) is 69.8 Å². The lowest BCUT2D eigenvalue weighted by atomic mass is 9.62. The molecule has 2 fully saturated rings. The van der Waals surface area contributed by atoms with E-state index in [1.165, 1.54) is 59.1 Å². The van der Waals surface area contributed by atoms with Crippen LogP contribution < -0.4 is 0 Å². The highest BCUT2D eigenvalue weighted by Gasteiger charge is 2.57. The first kappa shape index (κ1) is 34.5. The quantitative estimate of drug-likeness (QED) is 0.253. The number of carbonyl (C=O) groups excluding carboxylic acids is 2. The number of hydrogen-bond acceptors (Lipinski definition) is 3. The normalized spacial score (nSPS) is 31.1. The Kier molecular flexibility index (Phi) is 8.71. The lowest BCUT2D eigenvalue weighted by molar-refractivity contribution is -0.145. The third kappa shape index (κ3) is 5.82. The average Bonchev–Trinajstić information content (AvgIpc) is 3.84. The number of benzene rings is 2. The van der Waals surface area contributed by atoms with Crippen LogP contribution in [0.15, 0.2) is 36.4 Å². The van der Waals surface area contributed by atoms with Gasteiger partial charge in [-0.1, -0.05) is 113 Å². The molecule has 4 aliphatic carbocycles. The standard InChI is InChI=1S/C21H30O2.C19H26O.CH4/c1-7-23-18(22)17-13-21(17,6)14-8-9-15-16(12-14)20(4,5)11-10-19(15,2)3;1-17(2)8-9-18(3,4)16-10-13(6-7-15(16)17)19(5)11-14(19)12-20;/h8-9,12,17H,7,10-11,13H2,1-6H3;6-7,10,12,14H,8-9,11H2,1-5H3;1H4. The van der Waals surface area contributed by atoms with Crippen molar-refractivity contribution in [1.29, 1.82) is 0 Å². The molecular weight excluding hydrogens is 540 g/mol. The van der Waals surface area contributed by atoms with Gasteiger partial charge in [0.05, 0.1) is 12.5 Å². The zero-order chi connectivity index (χ0) is 31.8. The molecule has 2 saturated carbocycles. The summed E-state index contributed by atoms with van der Waals surface area (Å²) in [4.78, 5) is 23.2. The van der Waals surface area contributed by atoms with Crippen LogP contribution >= 0.6 is 0 Å². The highest BCUT2D eigenvalue weighted by molar-refractivity contribution is 5.79. The zero-order valence-electron chi connectivity index (χ0n) is 28.9. The molecule has 0 radical (unpaired) electrons. The Morgan fingerprint density at radius 2 is 1.09 bits per heavy atom. The molecule has 6 rings (SSSR count). The molecule has 0 bridgehead atoms. The molecule has 0 aromatic heterocycles. The first-order valence-corrected chi connectivity index (χ1v) is 16.8. The molecule has 3 heteroatoms. The Morgan fingerprint density at radius 3 is 1.48 bits per heavy atom. The number of esters is 1. The predicted octanol–water partition coefficient (Wildman–Crippen LogP) is 10.0. The van der Waals surface area contributed by atoms with Crippen molar-refractivity contribution in [2.24, 2.45) is 11.8 Å². The minimum absolute atomic E-state index is 0. The van der Waals surface area contributed by atoms with Gasteiger partial charge in [0.2, 0.25) is 0 Å². The molecule has 0 amide bonds. The Balaban J connectivity index is 0.000000198. The number of ether oxygens (including phenoxy) is 1. The average molecular weight is 601 g/mol. The molecule has 4 atom stereocenters. The van der Waals surface area contributed by atoms with E-state index in [9.17, 15) is 9.59 Å². The monoisotopic (exact) mass is 600 g/mol. The number of fused-ring (bicyclic) bond motifs is 2. The molecule has 0 heterocycles. The predicted molar refractivity (Wildman–Crippen MR) is 184 cm³/mol. The van der Waals surface area contributed by atoms with Crippen LogP contribution in [0.25, 0.3) is 0 Å². The smallest absolute Gasteiger partial charge is 0.309 e. The molecule has 3 nitrogen and oxygen atoms in total. The molecule has 0 spiro atoms. The van der Waals surface area contributed by atoms with Crippen LogP contribution in [-0.4, -0.2) is 18.9 Å². The molecule has 242 valence electrons. The van der Waals surface area contributed by atoms with Gasteiger partial charge in [-0.05, 0) is 100 Å². The van der Waals surface area contributed by atoms with Gasteiger partial charge in [0.1, 0.15) is 6.29 Å². The van der Waals surface area contributed by atoms with Crippen LogP contribution in [0, 0.1) is 11.8 Å². The van der Waals surface area contributed by atoms with Gasteiger partial charge in [0, 0.05) is 16.7 Å². The van der Waals surface area contributed by atoms with Crippen molar-refractivity contribution in [2.45, 2.75) is 155 Å². The van der Waals surface area contributed by atoms with Gasteiger partial charge in [-0.2, -0.15) is 0 Å². The number of hydrogen-bond donors (Lipinski definition) is 0. The lowest BCUT2D eigenvalue weighted by Crippen LogP contribution is -2.34. The molecule has 2 aromatic rings. The summed E-state index contributed by atoms with van der Waals surface area (Å²) in [5.74, 6) is 0.216. The zero-order valence-corrected chi connectivity index (χ0v) is 28.9. The van der Waals surface area contributed by atoms with Gasteiger partial charge in [-0.15, -0.1) is 0 Å². The maximum Gasteiger partial charge on any atom is 0.309 e. The second-order valence-electron chi connectivity index (χ2n) is 17.3. The number of rotatable bonds is 5. The van der Waals surface area contributed by atoms with Crippen molar-refractivity contribution in [3.8, 4) is 0 Å². The molecule has 0 saturated heterocycles. The van der Waals surface area contributed by atoms with E-state index in [-0.39, 0.29) is 57.7 Å². The Morgan fingerprint density at radius 1 is 0.682 bits per heavy atom. The minimum atomic E-state index is -0.0427. The van der Waals surface area contributed by atoms with Crippen molar-refractivity contribution in [3.63, 3.8) is 0 Å². The molecule has 0 aliphatic heterocycles. The van der Waals surface area contributed by atoms with Crippen molar-refractivity contribution in [1.82, 2.24) is 0 Å². The Bertz CT molecular complexity index is 1430. The van der Waals surface area contributed by atoms with E-state index in [4.69, 9.17) is 4.74 Å². The van der Waals surface area contributed by atoms with Crippen molar-refractivity contribution in [2.75, 3.05) is 6.61 Å². The Labute approximate surface area is 268 Å². The van der Waals surface area contributed by atoms with Gasteiger partial charge in [0.15, 0.2) is 0 Å². The van der Waals surface area contributed by atoms with Crippen LogP contribution in [0.3, 0.4) is 0 Å². The number of aldehydes is 1. The summed E-state index contributed by atoms with van der Waals surface area (Å²) in [6.45, 7) is 25.6. The third-order valence-electron chi connectivity index (χ3n) is 12.3. The van der Waals surface area contributed by atoms with Crippen LogP contribution in [0.2, 0.25) is 0 Å². The lowest BCUT2D eigenvalue weighted by Gasteiger charge is -2.42. The highest BCUT2D eigenvalue weighted by Crippen LogP contribution is 2.57. The highest BCUT2D eigenvalue weighted by atomic mass is 16.5. The topological polar surface area (TPSA) is 43.4 Å². The van der Waals surface area contributed by atoms with Gasteiger partial charge in [-0.25, -0.2) is 0 Å². The molecule has 0 N–H and O–H groups in total. The summed E-state index contributed by atoms with van der Waals surface area (Å²) < 4.78 is 5.23. The van der Waals surface area contributed by atoms with E-state index >= 15 is 0 Å². The van der Waals surface area contributed by atoms with Gasteiger partial charge < -0.3 is 9.53 Å². The fourth-order valence-corrected chi connectivity index (χ4v) is 8.09. The summed E-state index contributed by atoms with van der Waals surface area (Å²) in [6.07, 6.45) is 8.00. The SMILES string of the molecule is C.CC1(C)CCC(C)(C)c2cc(C3(C)CC3C=O)ccc21.CCOC(=O)C1CC1(C)c1ccc2c(c1)C(C)(C)CCC2(C)C. The van der Waals surface area contributed by atoms with Gasteiger partial charge >= 0.3 is 5.97 Å². The summed E-state index contributed by atoms with van der Waals surface area (Å²) in [7, 11) is 0. The largest absolute Gasteiger partial charge is 0.466 e. The first-order chi connectivity index (χ1) is 19.8. The molecule has 4 unspecified atom stereocenters. The van der Waals surface area contributed by atoms with Crippen LogP contribution in [0.1, 0.15) is 155 Å². The van der Waals surface area contributed by atoms with Gasteiger partial charge in [-0.3, -0.25) is 4.79 Å². The van der Waals surface area contributed by atoms with Crippen molar-refractivity contribution >= 4 is 12.3 Å². The summed E-state index contributed by atoms with van der Waals surface area (Å²) >= 11 is 0. The summed E-state index contributed by atoms with van der Waals surface area (Å²) in [5, 5.41) is 0. The fourth-order valence-electron chi connectivity index (χ4n) is 8.09. The van der Waals surface area contributed by atoms with E-state index in [1.54, 1.807) is 0 Å². The first-order valence-electron chi connectivity index (χ1n) is 16.8. The second kappa shape index (κ2) is 11.1. The van der Waals surface area contributed by atoms with E-state index < -0.39 is 0 Å². The Hall–Kier alpha value is -2.42. The number of carbonyl (C=O) groups is 2. The van der Waals surface area contributed by atoms with E-state index in [0.717, 1.165) is 19.1 Å². The van der Waals surface area contributed by atoms with E-state index in [2.05, 4.69) is 106 Å². The van der Waals surface area contributed by atoms with Crippen LogP contribution in [0.4, 0.5) is 0 Å². The van der Waals surface area contributed by atoms with Crippen LogP contribution in [-0.2, 0) is 46.8 Å². The molecular formula is C41H60O3.